The zero-order chi connectivity index (χ0) is 29.4. The Balaban J connectivity index is 1.69. The van der Waals surface area contributed by atoms with E-state index in [1.165, 1.54) is 18.1 Å². The van der Waals surface area contributed by atoms with Gasteiger partial charge in [-0.3, -0.25) is 9.69 Å². The van der Waals surface area contributed by atoms with E-state index in [-0.39, 0.29) is 18.1 Å². The Morgan fingerprint density at radius 3 is 2.45 bits per heavy atom. The number of halogens is 3. The molecule has 0 aliphatic carbocycles. The van der Waals surface area contributed by atoms with Crippen LogP contribution in [0.2, 0.25) is 0 Å². The molecule has 216 valence electrons. The Kier molecular flexibility index (Phi) is 8.33. The van der Waals surface area contributed by atoms with Gasteiger partial charge in [0.1, 0.15) is 24.5 Å². The fraction of sp³-hybridized carbons (Fsp3) is 0.444. The van der Waals surface area contributed by atoms with Crippen molar-refractivity contribution >= 4 is 40.8 Å². The molecule has 0 spiro atoms. The van der Waals surface area contributed by atoms with Gasteiger partial charge in [-0.2, -0.15) is 13.2 Å². The molecule has 9 nitrogen and oxygen atoms in total. The molecular formula is C27H34F3N6O3P. The number of hydrogen-bond donors (Lipinski definition) is 2. The number of nitrogen functional groups attached to an aromatic ring is 1. The summed E-state index contributed by atoms with van der Waals surface area (Å²) in [7, 11) is 2.02. The molecular weight excluding hydrogens is 544 g/mol. The number of rotatable bonds is 7. The number of carbonyl (C=O) groups is 1. The van der Waals surface area contributed by atoms with Gasteiger partial charge in [-0.15, -0.1) is 0 Å². The number of fused-ring (bicyclic) bond motifs is 1. The van der Waals surface area contributed by atoms with Crippen molar-refractivity contribution in [2.24, 2.45) is 0 Å². The minimum Gasteiger partial charge on any atom is -0.496 e. The van der Waals surface area contributed by atoms with Gasteiger partial charge in [0.2, 0.25) is 5.91 Å². The van der Waals surface area contributed by atoms with E-state index in [1.807, 2.05) is 4.90 Å². The summed E-state index contributed by atoms with van der Waals surface area (Å²) >= 11 is 0. The van der Waals surface area contributed by atoms with Gasteiger partial charge in [-0.25, -0.2) is 9.97 Å². The van der Waals surface area contributed by atoms with E-state index in [0.29, 0.717) is 64.6 Å². The summed E-state index contributed by atoms with van der Waals surface area (Å²) in [4.78, 5) is 24.7. The molecule has 3 aromatic rings. The number of aryl methyl sites for hydroxylation is 1. The van der Waals surface area contributed by atoms with Crippen molar-refractivity contribution in [1.29, 1.82) is 0 Å². The van der Waals surface area contributed by atoms with Gasteiger partial charge in [0.15, 0.2) is 0 Å². The van der Waals surface area contributed by atoms with Crippen LogP contribution in [0, 0.1) is 6.92 Å². The molecule has 1 saturated heterocycles. The summed E-state index contributed by atoms with van der Waals surface area (Å²) in [6, 6.07) is 6.36. The molecule has 2 heterocycles. The first-order valence-electron chi connectivity index (χ1n) is 12.8. The first-order valence-corrected chi connectivity index (χ1v) is 14.9. The average molecular weight is 579 g/mol. The molecule has 3 N–H and O–H groups in total. The molecule has 1 fully saturated rings. The Morgan fingerprint density at radius 1 is 1.18 bits per heavy atom. The van der Waals surface area contributed by atoms with Crippen molar-refractivity contribution in [3.63, 3.8) is 0 Å². The van der Waals surface area contributed by atoms with Crippen LogP contribution < -0.4 is 21.1 Å². The van der Waals surface area contributed by atoms with Crippen LogP contribution in [0.3, 0.4) is 0 Å². The lowest BCUT2D eigenvalue weighted by Gasteiger charge is -2.33. The van der Waals surface area contributed by atoms with Gasteiger partial charge in [0.05, 0.1) is 36.1 Å². The lowest BCUT2D eigenvalue weighted by Crippen LogP contribution is -2.43. The zero-order valence-corrected chi connectivity index (χ0v) is 24.1. The summed E-state index contributed by atoms with van der Waals surface area (Å²) < 4.78 is 60.0. The number of nitrogens with zero attached hydrogens (tertiary/aromatic N) is 4. The van der Waals surface area contributed by atoms with Crippen LogP contribution in [0.25, 0.3) is 10.9 Å². The second kappa shape index (κ2) is 11.2. The van der Waals surface area contributed by atoms with E-state index in [1.54, 1.807) is 40.1 Å². The highest BCUT2D eigenvalue weighted by Crippen LogP contribution is 2.49. The maximum Gasteiger partial charge on any atom is 0.416 e. The molecule has 0 unspecified atom stereocenters. The number of benzene rings is 2. The van der Waals surface area contributed by atoms with Crippen molar-refractivity contribution in [2.75, 3.05) is 64.2 Å². The predicted octanol–water partition coefficient (Wildman–Crippen LogP) is 4.11. The summed E-state index contributed by atoms with van der Waals surface area (Å²) in [5.41, 5.74) is 5.85. The third kappa shape index (κ3) is 6.33. The average Bonchev–Trinajstić information content (AvgIpc) is 2.88. The number of amides is 1. The Labute approximate surface area is 231 Å². The van der Waals surface area contributed by atoms with Crippen LogP contribution in [0.4, 0.5) is 24.7 Å². The maximum atomic E-state index is 14.2. The zero-order valence-electron chi connectivity index (χ0n) is 23.2. The monoisotopic (exact) mass is 578 g/mol. The van der Waals surface area contributed by atoms with Crippen molar-refractivity contribution in [1.82, 2.24) is 19.8 Å². The topological polar surface area (TPSA) is 114 Å². The highest BCUT2D eigenvalue weighted by Gasteiger charge is 2.35. The smallest absolute Gasteiger partial charge is 0.416 e. The fourth-order valence-electron chi connectivity index (χ4n) is 4.79. The van der Waals surface area contributed by atoms with Crippen molar-refractivity contribution < 1.29 is 27.3 Å². The van der Waals surface area contributed by atoms with Gasteiger partial charge in [-0.1, -0.05) is 0 Å². The number of carbonyl (C=O) groups excluding carboxylic acids is 1. The number of anilines is 2. The van der Waals surface area contributed by atoms with Crippen LogP contribution in [0.1, 0.15) is 29.9 Å². The van der Waals surface area contributed by atoms with Crippen LogP contribution in [0.5, 0.6) is 5.75 Å². The number of hydrogen-bond acceptors (Lipinski definition) is 8. The quantitative estimate of drug-likeness (QED) is 0.318. The molecule has 1 atom stereocenters. The van der Waals surface area contributed by atoms with E-state index in [2.05, 4.69) is 15.3 Å². The summed E-state index contributed by atoms with van der Waals surface area (Å²) in [5, 5.41) is 4.35. The molecule has 4 rings (SSSR count). The van der Waals surface area contributed by atoms with Gasteiger partial charge in [0, 0.05) is 56.6 Å². The van der Waals surface area contributed by atoms with E-state index < -0.39 is 24.9 Å². The minimum atomic E-state index is -4.53. The highest BCUT2D eigenvalue weighted by molar-refractivity contribution is 7.72. The van der Waals surface area contributed by atoms with E-state index >= 15 is 0 Å². The van der Waals surface area contributed by atoms with Crippen LogP contribution >= 0.6 is 7.14 Å². The predicted molar refractivity (Wildman–Crippen MR) is 151 cm³/mol. The largest absolute Gasteiger partial charge is 0.496 e. The lowest BCUT2D eigenvalue weighted by molar-refractivity contribution is -0.137. The second-order valence-corrected chi connectivity index (χ2v) is 13.5. The third-order valence-corrected chi connectivity index (χ3v) is 10.2. The number of ether oxygens (including phenoxy) is 1. The van der Waals surface area contributed by atoms with Crippen molar-refractivity contribution in [2.45, 2.75) is 26.1 Å². The highest BCUT2D eigenvalue weighted by atomic mass is 31.2. The van der Waals surface area contributed by atoms with Gasteiger partial charge in [0.25, 0.3) is 0 Å². The minimum absolute atomic E-state index is 0.00550. The van der Waals surface area contributed by atoms with E-state index in [0.717, 1.165) is 12.1 Å². The number of nitrogens with one attached hydrogen (secondary N) is 1. The molecule has 13 heteroatoms. The van der Waals surface area contributed by atoms with E-state index in [9.17, 15) is 22.5 Å². The lowest BCUT2D eigenvalue weighted by atomic mass is 10.0. The summed E-state index contributed by atoms with van der Waals surface area (Å²) in [6.45, 7) is 4.70. The Bertz CT molecular complexity index is 1470. The number of methoxy groups -OCH3 is 1. The first kappa shape index (κ1) is 29.6. The standard InChI is InChI=1S/C27H34F3N6O3P/c1-16(18-10-19(27(28,29)30)12-20(31)11-18)32-26-21-13-24(23(39-5)14-22(21)33-17(2)34-26)40(38)8-6-36(7-9-40)15-25(37)35(3)4/h10-14,16H,6-9,15,31H2,1-5H3,(H,32,33,34)/t16-/m1/s1. The number of aromatic nitrogens is 2. The summed E-state index contributed by atoms with van der Waals surface area (Å²) in [5.74, 6) is 1.29. The normalized spacial score (nSPS) is 16.5. The molecule has 1 aromatic heterocycles. The van der Waals surface area contributed by atoms with Gasteiger partial charge >= 0.3 is 6.18 Å². The Hall–Kier alpha value is -3.37. The van der Waals surface area contributed by atoms with Crippen LogP contribution in [-0.4, -0.2) is 78.8 Å². The third-order valence-electron chi connectivity index (χ3n) is 7.12. The maximum absolute atomic E-state index is 14.2. The SMILES string of the molecule is COc1cc2nc(C)nc(N[C@H](C)c3cc(N)cc(C(F)(F)F)c3)c2cc1P1(=O)CCN(CC(=O)N(C)C)CC1. The van der Waals surface area contributed by atoms with Gasteiger partial charge < -0.3 is 25.3 Å². The van der Waals surface area contributed by atoms with E-state index in [4.69, 9.17) is 10.5 Å². The molecule has 0 bridgehead atoms. The molecule has 40 heavy (non-hydrogen) atoms. The molecule has 2 aromatic carbocycles. The number of nitrogens with two attached hydrogens (primary N) is 1. The van der Waals surface area contributed by atoms with Gasteiger partial charge in [-0.05, 0) is 43.7 Å². The Morgan fingerprint density at radius 2 is 1.85 bits per heavy atom. The first-order chi connectivity index (χ1) is 18.7. The number of alkyl halides is 3. The van der Waals surface area contributed by atoms with Crippen LogP contribution in [0.15, 0.2) is 30.3 Å². The summed E-state index contributed by atoms with van der Waals surface area (Å²) in [6.07, 6.45) is -3.77. The molecule has 1 amide bonds. The molecule has 0 saturated carbocycles. The van der Waals surface area contributed by atoms with Crippen LogP contribution in [-0.2, 0) is 15.5 Å². The van der Waals surface area contributed by atoms with Crippen molar-refractivity contribution in [3.8, 4) is 5.75 Å². The molecule has 1 aliphatic heterocycles. The molecule has 1 aliphatic rings. The van der Waals surface area contributed by atoms with Crippen molar-refractivity contribution in [3.05, 3.63) is 47.3 Å². The molecule has 0 radical (unpaired) electrons. The second-order valence-electron chi connectivity index (χ2n) is 10.3. The fourth-order valence-corrected chi connectivity index (χ4v) is 7.63. The number of likely N-dealkylation sites (N-methyl/N-ethyl adjacent to an activating group) is 1.